The van der Waals surface area contributed by atoms with Gasteiger partial charge in [-0.25, -0.2) is 4.98 Å². The van der Waals surface area contributed by atoms with Crippen molar-refractivity contribution in [1.29, 1.82) is 0 Å². The van der Waals surface area contributed by atoms with Crippen molar-refractivity contribution in [3.63, 3.8) is 0 Å². The summed E-state index contributed by atoms with van der Waals surface area (Å²) in [5.41, 5.74) is 5.60. The van der Waals surface area contributed by atoms with E-state index in [1.165, 1.54) is 9.75 Å². The van der Waals surface area contributed by atoms with Crippen LogP contribution in [0.4, 0.5) is 0 Å². The average Bonchev–Trinajstić information content (AvgIpc) is 3.48. The molecule has 0 radical (unpaired) electrons. The molecular formula is C21H17N5S2. The third-order valence-corrected chi connectivity index (χ3v) is 6.37. The predicted molar refractivity (Wildman–Crippen MR) is 115 cm³/mol. The van der Waals surface area contributed by atoms with Gasteiger partial charge in [-0.1, -0.05) is 18.2 Å². The Morgan fingerprint density at radius 1 is 0.643 bits per heavy atom. The molecule has 0 amide bonds. The summed E-state index contributed by atoms with van der Waals surface area (Å²) in [6.07, 6.45) is 0. The van der Waals surface area contributed by atoms with Gasteiger partial charge in [-0.3, -0.25) is 9.36 Å². The van der Waals surface area contributed by atoms with Gasteiger partial charge < -0.3 is 0 Å². The van der Waals surface area contributed by atoms with Crippen LogP contribution in [-0.2, 0) is 14.1 Å². The highest BCUT2D eigenvalue weighted by molar-refractivity contribution is 7.13. The van der Waals surface area contributed by atoms with Crippen LogP contribution in [-0.4, -0.2) is 24.5 Å². The van der Waals surface area contributed by atoms with Crippen molar-refractivity contribution in [1.82, 2.24) is 24.5 Å². The smallest absolute Gasteiger partial charge is 0.111 e. The molecule has 0 aliphatic carbocycles. The van der Waals surface area contributed by atoms with Gasteiger partial charge in [0.05, 0.1) is 32.5 Å². The molecule has 0 saturated heterocycles. The van der Waals surface area contributed by atoms with Crippen LogP contribution < -0.4 is 0 Å². The first kappa shape index (κ1) is 17.1. The third-order valence-electron chi connectivity index (χ3n) is 4.58. The number of hydrogen-bond acceptors (Lipinski definition) is 5. The topological polar surface area (TPSA) is 48.5 Å². The highest BCUT2D eigenvalue weighted by atomic mass is 32.1. The number of rotatable bonds is 4. The number of aryl methyl sites for hydroxylation is 2. The van der Waals surface area contributed by atoms with Crippen LogP contribution in [0.25, 0.3) is 43.9 Å². The standard InChI is InChI=1S/C21H17N5S2/c1-25-18(20-8-4-10-27-20)12-16(23-25)14-6-3-7-15(22-14)17-13-19(26(2)24-17)21-9-5-11-28-21/h3-13H,1-2H3. The fourth-order valence-corrected chi connectivity index (χ4v) is 4.76. The van der Waals surface area contributed by atoms with Crippen molar-refractivity contribution in [2.24, 2.45) is 14.1 Å². The molecule has 0 aliphatic heterocycles. The van der Waals surface area contributed by atoms with Crippen LogP contribution >= 0.6 is 22.7 Å². The maximum Gasteiger partial charge on any atom is 0.111 e. The van der Waals surface area contributed by atoms with E-state index in [4.69, 9.17) is 4.98 Å². The van der Waals surface area contributed by atoms with Crippen LogP contribution in [0.2, 0.25) is 0 Å². The van der Waals surface area contributed by atoms with E-state index in [1.807, 2.05) is 41.7 Å². The van der Waals surface area contributed by atoms with Gasteiger partial charge >= 0.3 is 0 Å². The van der Waals surface area contributed by atoms with Crippen LogP contribution in [0.5, 0.6) is 0 Å². The summed E-state index contributed by atoms with van der Waals surface area (Å²) in [6, 6.07) is 18.5. The molecule has 0 N–H and O–H groups in total. The predicted octanol–water partition coefficient (Wildman–Crippen LogP) is 5.34. The largest absolute Gasteiger partial charge is 0.266 e. The van der Waals surface area contributed by atoms with Crippen LogP contribution in [0.3, 0.4) is 0 Å². The molecule has 5 nitrogen and oxygen atoms in total. The number of nitrogens with zero attached hydrogens (tertiary/aromatic N) is 5. The number of hydrogen-bond donors (Lipinski definition) is 0. The van der Waals surface area contributed by atoms with Crippen LogP contribution in [0.1, 0.15) is 0 Å². The minimum absolute atomic E-state index is 0.847. The van der Waals surface area contributed by atoms with E-state index in [2.05, 4.69) is 57.4 Å². The first-order valence-corrected chi connectivity index (χ1v) is 10.6. The summed E-state index contributed by atoms with van der Waals surface area (Å²) >= 11 is 3.42. The Morgan fingerprint density at radius 2 is 1.14 bits per heavy atom. The van der Waals surface area contributed by atoms with Gasteiger partial charge in [-0.05, 0) is 47.2 Å². The summed E-state index contributed by atoms with van der Waals surface area (Å²) < 4.78 is 3.82. The molecule has 0 atom stereocenters. The van der Waals surface area contributed by atoms with Crippen LogP contribution in [0.15, 0.2) is 65.4 Å². The third kappa shape index (κ3) is 2.98. The minimum Gasteiger partial charge on any atom is -0.266 e. The first-order valence-electron chi connectivity index (χ1n) is 8.83. The molecule has 0 unspecified atom stereocenters. The minimum atomic E-state index is 0.847. The lowest BCUT2D eigenvalue weighted by Gasteiger charge is -1.99. The van der Waals surface area contributed by atoms with Crippen molar-refractivity contribution in [3.05, 3.63) is 65.4 Å². The van der Waals surface area contributed by atoms with Crippen molar-refractivity contribution in [2.45, 2.75) is 0 Å². The monoisotopic (exact) mass is 403 g/mol. The summed E-state index contributed by atoms with van der Waals surface area (Å²) in [6.45, 7) is 0. The Balaban J connectivity index is 1.53. The summed E-state index contributed by atoms with van der Waals surface area (Å²) in [7, 11) is 3.93. The Bertz CT molecular complexity index is 1140. The molecule has 7 heteroatoms. The van der Waals surface area contributed by atoms with Gasteiger partial charge in [0, 0.05) is 14.1 Å². The maximum atomic E-state index is 4.84. The fourth-order valence-electron chi connectivity index (χ4n) is 3.21. The van der Waals surface area contributed by atoms with Gasteiger partial charge in [0.2, 0.25) is 0 Å². The van der Waals surface area contributed by atoms with Crippen molar-refractivity contribution < 1.29 is 0 Å². The molecule has 0 bridgehead atoms. The second kappa shape index (κ2) is 6.85. The first-order chi connectivity index (χ1) is 13.7. The molecule has 5 aromatic rings. The molecule has 28 heavy (non-hydrogen) atoms. The normalized spacial score (nSPS) is 11.2. The van der Waals surface area contributed by atoms with Crippen molar-refractivity contribution in [3.8, 4) is 43.9 Å². The number of pyridine rings is 1. The fraction of sp³-hybridized carbons (Fsp3) is 0.0952. The van der Waals surface area contributed by atoms with Gasteiger partial charge in [0.15, 0.2) is 0 Å². The highest BCUT2D eigenvalue weighted by Gasteiger charge is 2.14. The Morgan fingerprint density at radius 3 is 1.57 bits per heavy atom. The van der Waals surface area contributed by atoms with Crippen LogP contribution in [0, 0.1) is 0 Å². The Labute approximate surface area is 170 Å². The van der Waals surface area contributed by atoms with Crippen molar-refractivity contribution in [2.75, 3.05) is 0 Å². The number of aromatic nitrogens is 5. The summed E-state index contributed by atoms with van der Waals surface area (Å²) in [5.74, 6) is 0. The lowest BCUT2D eigenvalue weighted by atomic mass is 10.2. The SMILES string of the molecule is Cn1nc(-c2cccc(-c3cc(-c4cccs4)n(C)n3)n2)cc1-c1cccs1. The van der Waals surface area contributed by atoms with Gasteiger partial charge in [0.25, 0.3) is 0 Å². The second-order valence-electron chi connectivity index (χ2n) is 6.44. The van der Waals surface area contributed by atoms with Gasteiger partial charge in [-0.2, -0.15) is 10.2 Å². The van der Waals surface area contributed by atoms with E-state index in [-0.39, 0.29) is 0 Å². The number of thiophene rings is 2. The zero-order valence-corrected chi connectivity index (χ0v) is 17.0. The Hall–Kier alpha value is -3.03. The van der Waals surface area contributed by atoms with Gasteiger partial charge in [-0.15, -0.1) is 22.7 Å². The molecular weight excluding hydrogens is 386 g/mol. The van der Waals surface area contributed by atoms with E-state index in [0.29, 0.717) is 0 Å². The van der Waals surface area contributed by atoms with E-state index >= 15 is 0 Å². The zero-order valence-electron chi connectivity index (χ0n) is 15.4. The van der Waals surface area contributed by atoms with E-state index in [9.17, 15) is 0 Å². The summed E-state index contributed by atoms with van der Waals surface area (Å²) in [4.78, 5) is 7.23. The summed E-state index contributed by atoms with van der Waals surface area (Å²) in [5, 5.41) is 13.5. The average molecular weight is 404 g/mol. The van der Waals surface area contributed by atoms with Crippen molar-refractivity contribution >= 4 is 22.7 Å². The Kier molecular flexibility index (Phi) is 4.18. The van der Waals surface area contributed by atoms with Gasteiger partial charge in [0.1, 0.15) is 11.4 Å². The lowest BCUT2D eigenvalue weighted by Crippen LogP contribution is -1.94. The molecule has 5 heterocycles. The molecule has 0 saturated carbocycles. The zero-order chi connectivity index (χ0) is 19.1. The molecule has 0 fully saturated rings. The molecule has 0 aromatic carbocycles. The molecule has 0 spiro atoms. The van der Waals surface area contributed by atoms with E-state index in [1.54, 1.807) is 22.7 Å². The lowest BCUT2D eigenvalue weighted by molar-refractivity contribution is 0.777. The molecule has 5 rings (SSSR count). The quantitative estimate of drug-likeness (QED) is 0.407. The molecule has 138 valence electrons. The molecule has 5 aromatic heterocycles. The maximum absolute atomic E-state index is 4.84. The highest BCUT2D eigenvalue weighted by Crippen LogP contribution is 2.31. The van der Waals surface area contributed by atoms with E-state index in [0.717, 1.165) is 34.2 Å². The van der Waals surface area contributed by atoms with E-state index < -0.39 is 0 Å². The second-order valence-corrected chi connectivity index (χ2v) is 8.33. The molecule has 0 aliphatic rings.